The predicted molar refractivity (Wildman–Crippen MR) is 82.3 cm³/mol. The minimum Gasteiger partial charge on any atom is -0.385 e. The Hall–Kier alpha value is -2.37. The average molecular weight is 287 g/mol. The zero-order valence-corrected chi connectivity index (χ0v) is 12.5. The third-order valence-corrected chi connectivity index (χ3v) is 3.17. The number of amides is 1. The number of carbonyl (C=O) groups excluding carboxylic acids is 1. The molecule has 1 aromatic heterocycles. The fourth-order valence-electron chi connectivity index (χ4n) is 1.93. The molecule has 2 aromatic rings. The van der Waals surface area contributed by atoms with Crippen LogP contribution in [0.25, 0.3) is 0 Å². The Balaban J connectivity index is 1.81. The molecule has 1 amide bonds. The van der Waals surface area contributed by atoms with Gasteiger partial charge in [-0.2, -0.15) is 0 Å². The van der Waals surface area contributed by atoms with Crippen molar-refractivity contribution in [2.45, 2.75) is 19.8 Å². The van der Waals surface area contributed by atoms with Gasteiger partial charge in [0.2, 0.25) is 0 Å². The Labute approximate surface area is 124 Å². The molecule has 0 bridgehead atoms. The van der Waals surface area contributed by atoms with Gasteiger partial charge in [0.15, 0.2) is 0 Å². The standard InChI is InChI=1S/C15H21N5O/c1-3-9-16-13-6-4-12(5-7-13)15(21)17-10-8-14-19-18-11-20(14)2/h4-7,11,16H,3,8-10H2,1-2H3,(H,17,21). The van der Waals surface area contributed by atoms with Crippen molar-refractivity contribution in [2.24, 2.45) is 7.05 Å². The molecule has 6 nitrogen and oxygen atoms in total. The van der Waals surface area contributed by atoms with Gasteiger partial charge in [-0.3, -0.25) is 4.79 Å². The van der Waals surface area contributed by atoms with Crippen molar-refractivity contribution in [2.75, 3.05) is 18.4 Å². The molecule has 0 saturated heterocycles. The van der Waals surface area contributed by atoms with E-state index in [1.807, 2.05) is 35.9 Å². The van der Waals surface area contributed by atoms with Gasteiger partial charge in [-0.25, -0.2) is 0 Å². The number of nitrogens with one attached hydrogen (secondary N) is 2. The Kier molecular flexibility index (Phi) is 5.31. The highest BCUT2D eigenvalue weighted by Crippen LogP contribution is 2.09. The topological polar surface area (TPSA) is 71.8 Å². The van der Waals surface area contributed by atoms with E-state index < -0.39 is 0 Å². The van der Waals surface area contributed by atoms with E-state index in [1.54, 1.807) is 6.33 Å². The van der Waals surface area contributed by atoms with E-state index in [-0.39, 0.29) is 5.91 Å². The smallest absolute Gasteiger partial charge is 0.251 e. The molecular formula is C15H21N5O. The molecule has 2 rings (SSSR count). The summed E-state index contributed by atoms with van der Waals surface area (Å²) in [6.07, 6.45) is 3.39. The summed E-state index contributed by atoms with van der Waals surface area (Å²) in [5.41, 5.74) is 1.70. The van der Waals surface area contributed by atoms with Gasteiger partial charge in [-0.05, 0) is 30.7 Å². The van der Waals surface area contributed by atoms with Crippen LogP contribution in [0.3, 0.4) is 0 Å². The summed E-state index contributed by atoms with van der Waals surface area (Å²) >= 11 is 0. The predicted octanol–water partition coefficient (Wildman–Crippen LogP) is 1.61. The first-order valence-electron chi connectivity index (χ1n) is 7.15. The number of hydrogen-bond acceptors (Lipinski definition) is 4. The van der Waals surface area contributed by atoms with Crippen molar-refractivity contribution in [3.63, 3.8) is 0 Å². The molecular weight excluding hydrogens is 266 g/mol. The molecule has 6 heteroatoms. The largest absolute Gasteiger partial charge is 0.385 e. The van der Waals surface area contributed by atoms with Crippen LogP contribution in [0, 0.1) is 0 Å². The molecule has 0 aliphatic heterocycles. The maximum atomic E-state index is 12.0. The third-order valence-electron chi connectivity index (χ3n) is 3.17. The Morgan fingerprint density at radius 1 is 1.24 bits per heavy atom. The molecule has 0 fully saturated rings. The van der Waals surface area contributed by atoms with Crippen LogP contribution in [0.1, 0.15) is 29.5 Å². The van der Waals surface area contributed by atoms with Crippen molar-refractivity contribution < 1.29 is 4.79 Å². The van der Waals surface area contributed by atoms with E-state index in [4.69, 9.17) is 0 Å². The molecule has 2 N–H and O–H groups in total. The van der Waals surface area contributed by atoms with Crippen LogP contribution >= 0.6 is 0 Å². The summed E-state index contributed by atoms with van der Waals surface area (Å²) in [6.45, 7) is 3.59. The van der Waals surface area contributed by atoms with Crippen LogP contribution in [0.4, 0.5) is 5.69 Å². The molecule has 0 unspecified atom stereocenters. The van der Waals surface area contributed by atoms with E-state index in [0.717, 1.165) is 24.5 Å². The van der Waals surface area contributed by atoms with E-state index in [0.29, 0.717) is 18.5 Å². The number of rotatable bonds is 7. The van der Waals surface area contributed by atoms with Gasteiger partial charge >= 0.3 is 0 Å². The SMILES string of the molecule is CCCNc1ccc(C(=O)NCCc2nncn2C)cc1. The fourth-order valence-corrected chi connectivity index (χ4v) is 1.93. The monoisotopic (exact) mass is 287 g/mol. The normalized spacial score (nSPS) is 10.4. The van der Waals surface area contributed by atoms with Crippen molar-refractivity contribution >= 4 is 11.6 Å². The van der Waals surface area contributed by atoms with Crippen LogP contribution in [-0.2, 0) is 13.5 Å². The van der Waals surface area contributed by atoms with Crippen LogP contribution < -0.4 is 10.6 Å². The number of benzene rings is 1. The van der Waals surface area contributed by atoms with Crippen LogP contribution in [0.5, 0.6) is 0 Å². The highest BCUT2D eigenvalue weighted by Gasteiger charge is 2.06. The van der Waals surface area contributed by atoms with E-state index in [2.05, 4.69) is 27.8 Å². The van der Waals surface area contributed by atoms with Crippen LogP contribution in [-0.4, -0.2) is 33.8 Å². The van der Waals surface area contributed by atoms with Gasteiger partial charge < -0.3 is 15.2 Å². The first kappa shape index (κ1) is 15.0. The second kappa shape index (κ2) is 7.42. The highest BCUT2D eigenvalue weighted by molar-refractivity contribution is 5.94. The number of aromatic nitrogens is 3. The van der Waals surface area contributed by atoms with Crippen molar-refractivity contribution in [3.05, 3.63) is 42.0 Å². The molecule has 0 aliphatic rings. The average Bonchev–Trinajstić information content (AvgIpc) is 2.91. The van der Waals surface area contributed by atoms with Gasteiger partial charge in [0, 0.05) is 37.8 Å². The van der Waals surface area contributed by atoms with E-state index in [1.165, 1.54) is 0 Å². The number of nitrogens with zero attached hydrogens (tertiary/aromatic N) is 3. The molecule has 0 aliphatic carbocycles. The zero-order chi connectivity index (χ0) is 15.1. The van der Waals surface area contributed by atoms with E-state index in [9.17, 15) is 4.79 Å². The highest BCUT2D eigenvalue weighted by atomic mass is 16.1. The molecule has 0 spiro atoms. The van der Waals surface area contributed by atoms with Gasteiger partial charge in [0.05, 0.1) is 0 Å². The third kappa shape index (κ3) is 4.30. The lowest BCUT2D eigenvalue weighted by Crippen LogP contribution is -2.26. The quantitative estimate of drug-likeness (QED) is 0.811. The lowest BCUT2D eigenvalue weighted by atomic mass is 10.2. The summed E-state index contributed by atoms with van der Waals surface area (Å²) < 4.78 is 1.85. The number of carbonyl (C=O) groups is 1. The number of anilines is 1. The summed E-state index contributed by atoms with van der Waals surface area (Å²) in [6, 6.07) is 7.51. The molecule has 112 valence electrons. The fraction of sp³-hybridized carbons (Fsp3) is 0.400. The zero-order valence-electron chi connectivity index (χ0n) is 12.5. The van der Waals surface area contributed by atoms with Gasteiger partial charge in [-0.1, -0.05) is 6.92 Å². The summed E-state index contributed by atoms with van der Waals surface area (Å²) in [7, 11) is 1.89. The Morgan fingerprint density at radius 2 is 2.00 bits per heavy atom. The minimum atomic E-state index is -0.0702. The minimum absolute atomic E-state index is 0.0702. The van der Waals surface area contributed by atoms with Gasteiger partial charge in [0.1, 0.15) is 12.2 Å². The number of hydrogen-bond donors (Lipinski definition) is 2. The van der Waals surface area contributed by atoms with Gasteiger partial charge in [-0.15, -0.1) is 10.2 Å². The molecule has 1 aromatic carbocycles. The molecule has 21 heavy (non-hydrogen) atoms. The molecule has 1 heterocycles. The van der Waals surface area contributed by atoms with Crippen LogP contribution in [0.15, 0.2) is 30.6 Å². The van der Waals surface area contributed by atoms with Crippen molar-refractivity contribution in [3.8, 4) is 0 Å². The van der Waals surface area contributed by atoms with E-state index >= 15 is 0 Å². The Bertz CT molecular complexity index is 576. The van der Waals surface area contributed by atoms with Crippen molar-refractivity contribution in [1.82, 2.24) is 20.1 Å². The molecule has 0 atom stereocenters. The summed E-state index contributed by atoms with van der Waals surface area (Å²) in [5, 5.41) is 13.9. The second-order valence-corrected chi connectivity index (χ2v) is 4.87. The molecule has 0 saturated carbocycles. The maximum Gasteiger partial charge on any atom is 0.251 e. The first-order chi connectivity index (χ1) is 10.2. The second-order valence-electron chi connectivity index (χ2n) is 4.87. The first-order valence-corrected chi connectivity index (χ1v) is 7.15. The van der Waals surface area contributed by atoms with Crippen LogP contribution in [0.2, 0.25) is 0 Å². The Morgan fingerprint density at radius 3 is 2.62 bits per heavy atom. The lowest BCUT2D eigenvalue weighted by Gasteiger charge is -2.07. The number of aryl methyl sites for hydroxylation is 1. The van der Waals surface area contributed by atoms with Crippen molar-refractivity contribution in [1.29, 1.82) is 0 Å². The lowest BCUT2D eigenvalue weighted by molar-refractivity contribution is 0.0954. The maximum absolute atomic E-state index is 12.0. The summed E-state index contributed by atoms with van der Waals surface area (Å²) in [5.74, 6) is 0.786. The summed E-state index contributed by atoms with van der Waals surface area (Å²) in [4.78, 5) is 12.0. The van der Waals surface area contributed by atoms with Gasteiger partial charge in [0.25, 0.3) is 5.91 Å². The molecule has 0 radical (unpaired) electrons.